The van der Waals surface area contributed by atoms with Gasteiger partial charge in [0.05, 0.1) is 0 Å². The van der Waals surface area contributed by atoms with E-state index >= 15 is 0 Å². The summed E-state index contributed by atoms with van der Waals surface area (Å²) in [5.41, 5.74) is 3.15. The molecule has 0 heterocycles. The molecule has 90 valence electrons. The van der Waals surface area contributed by atoms with Gasteiger partial charge in [0.2, 0.25) is 0 Å². The van der Waals surface area contributed by atoms with Crippen LogP contribution in [0.1, 0.15) is 24.0 Å². The molecule has 0 bridgehead atoms. The van der Waals surface area contributed by atoms with Crippen molar-refractivity contribution in [2.24, 2.45) is 0 Å². The number of allylic oxidation sites excluding steroid dienone is 2. The van der Waals surface area contributed by atoms with Gasteiger partial charge in [0.15, 0.2) is 0 Å². The van der Waals surface area contributed by atoms with Gasteiger partial charge in [0.25, 0.3) is 0 Å². The average Bonchev–Trinajstić information content (AvgIpc) is 2.68. The van der Waals surface area contributed by atoms with Gasteiger partial charge in [-0.05, 0) is 41.2 Å². The zero-order chi connectivity index (χ0) is 12.6. The van der Waals surface area contributed by atoms with E-state index in [0.717, 1.165) is 19.3 Å². The summed E-state index contributed by atoms with van der Waals surface area (Å²) in [5.74, 6) is 0. The SMILES string of the molecule is C=CCC1(CC=C)Cc2cccc3cccc1c23. The monoisotopic (exact) mass is 234 g/mol. The molecule has 0 aromatic heterocycles. The molecule has 18 heavy (non-hydrogen) atoms. The fourth-order valence-corrected chi connectivity index (χ4v) is 3.47. The van der Waals surface area contributed by atoms with Crippen LogP contribution in [0, 0.1) is 0 Å². The van der Waals surface area contributed by atoms with E-state index in [-0.39, 0.29) is 5.41 Å². The molecule has 0 saturated carbocycles. The molecule has 2 aromatic carbocycles. The molecule has 0 N–H and O–H groups in total. The Morgan fingerprint density at radius 1 is 1.00 bits per heavy atom. The second-order valence-corrected chi connectivity index (χ2v) is 5.26. The molecule has 0 heteroatoms. The van der Waals surface area contributed by atoms with Crippen molar-refractivity contribution in [3.63, 3.8) is 0 Å². The molecule has 1 aliphatic carbocycles. The molecule has 1 aliphatic rings. The Balaban J connectivity index is 2.28. The Bertz CT molecular complexity index is 604. The highest BCUT2D eigenvalue weighted by atomic mass is 14.4. The molecule has 0 fully saturated rings. The Morgan fingerprint density at radius 2 is 1.67 bits per heavy atom. The van der Waals surface area contributed by atoms with Crippen molar-refractivity contribution in [2.75, 3.05) is 0 Å². The van der Waals surface area contributed by atoms with Gasteiger partial charge in [-0.15, -0.1) is 13.2 Å². The summed E-state index contributed by atoms with van der Waals surface area (Å²) in [5, 5.41) is 2.82. The van der Waals surface area contributed by atoms with Crippen LogP contribution in [0.2, 0.25) is 0 Å². The van der Waals surface area contributed by atoms with Gasteiger partial charge < -0.3 is 0 Å². The van der Waals surface area contributed by atoms with Gasteiger partial charge in [-0.2, -0.15) is 0 Å². The first-order valence-corrected chi connectivity index (χ1v) is 6.54. The van der Waals surface area contributed by atoms with E-state index in [1.807, 2.05) is 12.2 Å². The number of hydrogen-bond donors (Lipinski definition) is 0. The standard InChI is InChI=1S/C18H18/c1-3-11-18(12-4-2)13-15-9-5-7-14-8-6-10-16(18)17(14)15/h3-10H,1-2,11-13H2. The summed E-state index contributed by atoms with van der Waals surface area (Å²) < 4.78 is 0. The quantitative estimate of drug-likeness (QED) is 0.667. The van der Waals surface area contributed by atoms with Crippen LogP contribution in [0.4, 0.5) is 0 Å². The van der Waals surface area contributed by atoms with Crippen molar-refractivity contribution in [2.45, 2.75) is 24.7 Å². The molecule has 0 nitrogen and oxygen atoms in total. The van der Waals surface area contributed by atoms with Crippen LogP contribution in [0.3, 0.4) is 0 Å². The van der Waals surface area contributed by atoms with Gasteiger partial charge in [0, 0.05) is 5.41 Å². The second-order valence-electron chi connectivity index (χ2n) is 5.26. The smallest absolute Gasteiger partial charge is 0.00684 e. The third kappa shape index (κ3) is 1.45. The van der Waals surface area contributed by atoms with Crippen LogP contribution in [-0.2, 0) is 11.8 Å². The third-order valence-corrected chi connectivity index (χ3v) is 4.16. The van der Waals surface area contributed by atoms with E-state index in [0.29, 0.717) is 0 Å². The third-order valence-electron chi connectivity index (χ3n) is 4.16. The predicted molar refractivity (Wildman–Crippen MR) is 79.0 cm³/mol. The molecule has 0 spiro atoms. The van der Waals surface area contributed by atoms with Crippen LogP contribution < -0.4 is 0 Å². The topological polar surface area (TPSA) is 0 Å². The first-order valence-electron chi connectivity index (χ1n) is 6.54. The first kappa shape index (κ1) is 11.3. The summed E-state index contributed by atoms with van der Waals surface area (Å²) in [4.78, 5) is 0. The first-order chi connectivity index (χ1) is 8.80. The minimum atomic E-state index is 0.187. The Kier molecular flexibility index (Phi) is 2.59. The Morgan fingerprint density at radius 3 is 2.33 bits per heavy atom. The summed E-state index contributed by atoms with van der Waals surface area (Å²) >= 11 is 0. The fraction of sp³-hybridized carbons (Fsp3) is 0.222. The Hall–Kier alpha value is -1.82. The van der Waals surface area contributed by atoms with Gasteiger partial charge in [-0.3, -0.25) is 0 Å². The average molecular weight is 234 g/mol. The summed E-state index contributed by atoms with van der Waals surface area (Å²) in [6.07, 6.45) is 7.25. The van der Waals surface area contributed by atoms with Gasteiger partial charge in [-0.25, -0.2) is 0 Å². The lowest BCUT2D eigenvalue weighted by atomic mass is 9.75. The van der Waals surface area contributed by atoms with Crippen LogP contribution in [-0.4, -0.2) is 0 Å². The van der Waals surface area contributed by atoms with Crippen LogP contribution in [0.5, 0.6) is 0 Å². The van der Waals surface area contributed by atoms with Crippen molar-refractivity contribution in [1.29, 1.82) is 0 Å². The molecule has 0 amide bonds. The molecule has 0 radical (unpaired) electrons. The molecular formula is C18H18. The zero-order valence-electron chi connectivity index (χ0n) is 10.7. The number of hydrogen-bond acceptors (Lipinski definition) is 0. The van der Waals surface area contributed by atoms with Gasteiger partial charge >= 0.3 is 0 Å². The number of rotatable bonds is 4. The maximum atomic E-state index is 3.94. The van der Waals surface area contributed by atoms with E-state index in [1.54, 1.807) is 0 Å². The Labute approximate surface area is 109 Å². The fourth-order valence-electron chi connectivity index (χ4n) is 3.47. The summed E-state index contributed by atoms with van der Waals surface area (Å²) in [6, 6.07) is 13.3. The predicted octanol–water partition coefficient (Wildman–Crippen LogP) is 4.79. The summed E-state index contributed by atoms with van der Waals surface area (Å²) in [6.45, 7) is 7.89. The van der Waals surface area contributed by atoms with Crippen LogP contribution >= 0.6 is 0 Å². The highest BCUT2D eigenvalue weighted by Crippen LogP contribution is 2.47. The van der Waals surface area contributed by atoms with Crippen LogP contribution in [0.15, 0.2) is 61.7 Å². The van der Waals surface area contributed by atoms with Crippen molar-refractivity contribution < 1.29 is 0 Å². The van der Waals surface area contributed by atoms with Gasteiger partial charge in [-0.1, -0.05) is 48.6 Å². The maximum Gasteiger partial charge on any atom is 0.00684 e. The van der Waals surface area contributed by atoms with E-state index < -0.39 is 0 Å². The van der Waals surface area contributed by atoms with E-state index in [1.165, 1.54) is 21.9 Å². The molecule has 3 rings (SSSR count). The molecule has 2 aromatic rings. The highest BCUT2D eigenvalue weighted by Gasteiger charge is 2.37. The van der Waals surface area contributed by atoms with Crippen molar-refractivity contribution in [3.05, 3.63) is 72.8 Å². The molecule has 0 unspecified atom stereocenters. The largest absolute Gasteiger partial charge is 0.103 e. The van der Waals surface area contributed by atoms with Crippen molar-refractivity contribution in [3.8, 4) is 0 Å². The van der Waals surface area contributed by atoms with E-state index in [2.05, 4.69) is 49.6 Å². The highest BCUT2D eigenvalue weighted by molar-refractivity contribution is 5.92. The lowest BCUT2D eigenvalue weighted by molar-refractivity contribution is 0.451. The second kappa shape index (κ2) is 4.13. The zero-order valence-corrected chi connectivity index (χ0v) is 10.7. The molecule has 0 atom stereocenters. The normalized spacial score (nSPS) is 15.8. The van der Waals surface area contributed by atoms with E-state index in [4.69, 9.17) is 0 Å². The molecular weight excluding hydrogens is 216 g/mol. The lowest BCUT2D eigenvalue weighted by Gasteiger charge is -2.28. The summed E-state index contributed by atoms with van der Waals surface area (Å²) in [7, 11) is 0. The van der Waals surface area contributed by atoms with E-state index in [9.17, 15) is 0 Å². The minimum absolute atomic E-state index is 0.187. The van der Waals surface area contributed by atoms with Crippen molar-refractivity contribution in [1.82, 2.24) is 0 Å². The molecule has 0 saturated heterocycles. The minimum Gasteiger partial charge on any atom is -0.103 e. The number of benzene rings is 2. The molecule has 0 aliphatic heterocycles. The lowest BCUT2D eigenvalue weighted by Crippen LogP contribution is -2.23. The van der Waals surface area contributed by atoms with Gasteiger partial charge in [0.1, 0.15) is 0 Å². The van der Waals surface area contributed by atoms with Crippen molar-refractivity contribution >= 4 is 10.8 Å². The van der Waals surface area contributed by atoms with Crippen LogP contribution in [0.25, 0.3) is 10.8 Å². The maximum absolute atomic E-state index is 3.94.